The van der Waals surface area contributed by atoms with Gasteiger partial charge in [-0.3, -0.25) is 13.8 Å². The summed E-state index contributed by atoms with van der Waals surface area (Å²) in [7, 11) is -5.11. The monoisotopic (exact) mass is 808 g/mol. The molecule has 0 radical (unpaired) electrons. The van der Waals surface area contributed by atoms with E-state index in [1.807, 2.05) is 0 Å². The minimum Gasteiger partial charge on any atom is -0.393 e. The zero-order valence-corrected chi connectivity index (χ0v) is 34.7. The molecule has 1 saturated carbocycles. The Morgan fingerprint density at radius 2 is 1.05 bits per heavy atom. The lowest BCUT2D eigenvalue weighted by Crippen LogP contribution is -2.64. The third-order valence-corrected chi connectivity index (χ3v) is 11.3. The summed E-state index contributed by atoms with van der Waals surface area (Å²) in [6.45, 7) is 3.69. The number of hydrogen-bond donors (Lipinski definition) is 9. The van der Waals surface area contributed by atoms with E-state index in [0.29, 0.717) is 12.8 Å². The van der Waals surface area contributed by atoms with Gasteiger partial charge in [-0.1, -0.05) is 147 Å². The lowest BCUT2D eigenvalue weighted by Gasteiger charge is -2.41. The zero-order valence-electron chi connectivity index (χ0n) is 33.8. The maximum absolute atomic E-state index is 12.9. The Morgan fingerprint density at radius 1 is 0.636 bits per heavy atom. The van der Waals surface area contributed by atoms with E-state index >= 15 is 0 Å². The molecule has 0 saturated heterocycles. The highest BCUT2D eigenvalue weighted by Crippen LogP contribution is 2.47. The number of amides is 1. The van der Waals surface area contributed by atoms with Crippen LogP contribution in [-0.4, -0.2) is 108 Å². The first kappa shape index (κ1) is 51.8. The SMILES string of the molecule is CCCCC/C=C\C=C/CCCCCCCCCCC(O)CC(=O)NC(COP(=O)(O)OC1C(O)C(O)C(O)C(O)C1O)C(O)CCCCCCCCCC. The van der Waals surface area contributed by atoms with Crippen LogP contribution >= 0.6 is 7.82 Å². The van der Waals surface area contributed by atoms with Crippen molar-refractivity contribution in [3.05, 3.63) is 24.3 Å². The Morgan fingerprint density at radius 3 is 1.58 bits per heavy atom. The van der Waals surface area contributed by atoms with Gasteiger partial charge in [0.15, 0.2) is 0 Å². The van der Waals surface area contributed by atoms with Crippen LogP contribution in [0.3, 0.4) is 0 Å². The van der Waals surface area contributed by atoms with Crippen molar-refractivity contribution in [2.75, 3.05) is 6.61 Å². The van der Waals surface area contributed by atoms with Gasteiger partial charge in [0.05, 0.1) is 31.3 Å². The van der Waals surface area contributed by atoms with Crippen molar-refractivity contribution in [2.45, 2.75) is 223 Å². The molecule has 0 aliphatic heterocycles. The summed E-state index contributed by atoms with van der Waals surface area (Å²) in [5, 5.41) is 74.2. The van der Waals surface area contributed by atoms with Gasteiger partial charge in [-0.05, 0) is 38.5 Å². The number of allylic oxidation sites excluding steroid dienone is 4. The van der Waals surface area contributed by atoms with Gasteiger partial charge in [-0.2, -0.15) is 0 Å². The number of phosphoric ester groups is 1. The van der Waals surface area contributed by atoms with Gasteiger partial charge in [0, 0.05) is 0 Å². The van der Waals surface area contributed by atoms with Crippen molar-refractivity contribution >= 4 is 13.7 Å². The number of nitrogens with one attached hydrogen (secondary N) is 1. The van der Waals surface area contributed by atoms with Gasteiger partial charge in [-0.15, -0.1) is 0 Å². The molecule has 9 N–H and O–H groups in total. The molecule has 0 aromatic carbocycles. The maximum Gasteiger partial charge on any atom is 0.472 e. The summed E-state index contributed by atoms with van der Waals surface area (Å²) in [6.07, 6.45) is 18.3. The Bertz CT molecular complexity index is 1050. The molecule has 0 heterocycles. The summed E-state index contributed by atoms with van der Waals surface area (Å²) >= 11 is 0. The largest absolute Gasteiger partial charge is 0.472 e. The van der Waals surface area contributed by atoms with Crippen molar-refractivity contribution in [1.29, 1.82) is 0 Å². The Kier molecular flexibility index (Phi) is 29.9. The lowest BCUT2D eigenvalue weighted by atomic mass is 9.85. The van der Waals surface area contributed by atoms with Gasteiger partial charge in [0.1, 0.15) is 36.6 Å². The Labute approximate surface area is 331 Å². The second kappa shape index (κ2) is 31.7. The fraction of sp³-hybridized carbons (Fsp3) is 0.878. The van der Waals surface area contributed by atoms with Crippen molar-refractivity contribution in [1.82, 2.24) is 5.32 Å². The normalized spacial score (nSPS) is 24.6. The summed E-state index contributed by atoms with van der Waals surface area (Å²) in [6, 6.07) is -1.15. The zero-order chi connectivity index (χ0) is 40.9. The van der Waals surface area contributed by atoms with Crippen molar-refractivity contribution in [2.24, 2.45) is 0 Å². The molecule has 14 heteroatoms. The van der Waals surface area contributed by atoms with E-state index < -0.39 is 75.2 Å². The maximum atomic E-state index is 12.9. The molecule has 324 valence electrons. The topological polar surface area (TPSA) is 226 Å². The van der Waals surface area contributed by atoms with Gasteiger partial charge >= 0.3 is 7.82 Å². The third kappa shape index (κ3) is 24.3. The first-order valence-corrected chi connectivity index (χ1v) is 22.9. The highest BCUT2D eigenvalue weighted by molar-refractivity contribution is 7.47. The average molecular weight is 808 g/mol. The van der Waals surface area contributed by atoms with E-state index in [1.165, 1.54) is 57.8 Å². The molecule has 8 atom stereocenters. The van der Waals surface area contributed by atoms with E-state index in [9.17, 15) is 50.0 Å². The number of unbranched alkanes of at least 4 members (excludes halogenated alkanes) is 18. The molecule has 8 unspecified atom stereocenters. The molecule has 1 aliphatic carbocycles. The van der Waals surface area contributed by atoms with Crippen molar-refractivity contribution < 1.29 is 59.0 Å². The fourth-order valence-corrected chi connectivity index (χ4v) is 7.73. The molecule has 0 bridgehead atoms. The van der Waals surface area contributed by atoms with Crippen LogP contribution in [0.25, 0.3) is 0 Å². The summed E-state index contributed by atoms with van der Waals surface area (Å²) in [5.74, 6) is -0.569. The van der Waals surface area contributed by atoms with Gasteiger partial charge in [0.2, 0.25) is 5.91 Å². The molecular formula is C41H78NO12P. The third-order valence-electron chi connectivity index (χ3n) is 10.3. The molecule has 55 heavy (non-hydrogen) atoms. The predicted octanol–water partition coefficient (Wildman–Crippen LogP) is 6.03. The van der Waals surface area contributed by atoms with Gasteiger partial charge in [0.25, 0.3) is 0 Å². The number of aliphatic hydroxyl groups excluding tert-OH is 7. The number of phosphoric acid groups is 1. The van der Waals surface area contributed by atoms with E-state index in [-0.39, 0.29) is 12.8 Å². The Balaban J connectivity index is 2.49. The highest BCUT2D eigenvalue weighted by atomic mass is 31.2. The minimum absolute atomic E-state index is 0.226. The number of rotatable bonds is 34. The van der Waals surface area contributed by atoms with Crippen molar-refractivity contribution in [3.8, 4) is 0 Å². The van der Waals surface area contributed by atoms with Crippen LogP contribution in [-0.2, 0) is 18.4 Å². The molecule has 1 rings (SSSR count). The van der Waals surface area contributed by atoms with Gasteiger partial charge < -0.3 is 46.0 Å². The van der Waals surface area contributed by atoms with E-state index in [1.54, 1.807) is 0 Å². The number of carbonyl (C=O) groups excluding carboxylic acids is 1. The van der Waals surface area contributed by atoms with Crippen LogP contribution in [0.1, 0.15) is 168 Å². The summed E-state index contributed by atoms with van der Waals surface area (Å²) < 4.78 is 22.8. The number of hydrogen-bond acceptors (Lipinski definition) is 11. The van der Waals surface area contributed by atoms with E-state index in [4.69, 9.17) is 9.05 Å². The van der Waals surface area contributed by atoms with Gasteiger partial charge in [-0.25, -0.2) is 4.57 Å². The first-order valence-electron chi connectivity index (χ1n) is 21.4. The quantitative estimate of drug-likeness (QED) is 0.0207. The molecule has 1 aliphatic rings. The van der Waals surface area contributed by atoms with Crippen LogP contribution < -0.4 is 5.32 Å². The van der Waals surface area contributed by atoms with E-state index in [2.05, 4.69) is 43.5 Å². The van der Waals surface area contributed by atoms with Crippen LogP contribution in [0.2, 0.25) is 0 Å². The summed E-state index contributed by atoms with van der Waals surface area (Å²) in [5.41, 5.74) is 0. The van der Waals surface area contributed by atoms with Crippen molar-refractivity contribution in [3.63, 3.8) is 0 Å². The fourth-order valence-electron chi connectivity index (χ4n) is 6.76. The molecule has 1 amide bonds. The number of carbonyl (C=O) groups is 1. The van der Waals surface area contributed by atoms with Crippen LogP contribution in [0.4, 0.5) is 0 Å². The van der Waals surface area contributed by atoms with E-state index in [0.717, 1.165) is 70.6 Å². The molecule has 0 aromatic rings. The minimum atomic E-state index is -5.11. The molecular weight excluding hydrogens is 729 g/mol. The predicted molar refractivity (Wildman–Crippen MR) is 215 cm³/mol. The van der Waals surface area contributed by atoms with Crippen LogP contribution in [0, 0.1) is 0 Å². The Hall–Kier alpha value is -1.22. The second-order valence-corrected chi connectivity index (χ2v) is 16.8. The second-order valence-electron chi connectivity index (χ2n) is 15.4. The summed E-state index contributed by atoms with van der Waals surface area (Å²) in [4.78, 5) is 23.3. The molecule has 1 fully saturated rings. The molecule has 13 nitrogen and oxygen atoms in total. The smallest absolute Gasteiger partial charge is 0.393 e. The highest BCUT2D eigenvalue weighted by Gasteiger charge is 2.51. The van der Waals surface area contributed by atoms with Crippen LogP contribution in [0.15, 0.2) is 24.3 Å². The van der Waals surface area contributed by atoms with Crippen LogP contribution in [0.5, 0.6) is 0 Å². The lowest BCUT2D eigenvalue weighted by molar-refractivity contribution is -0.220. The standard InChI is InChI=1S/C41H78NO12P/c1-3-5-7-9-11-13-14-15-16-17-18-19-20-21-22-24-26-28-32(43)30-35(45)42-33(34(44)29-27-25-23-12-10-8-6-4-2)31-53-55(51,52)54-41-39(49)37(47)36(46)38(48)40(41)50/h11,13-15,32-34,36-41,43-44,46-50H,3-10,12,16-31H2,1-2H3,(H,42,45)(H,51,52)/b13-11-,15-14-. The first-order chi connectivity index (χ1) is 26.3. The molecule has 0 spiro atoms. The molecule has 0 aromatic heterocycles. The number of aliphatic hydroxyl groups is 7. The average Bonchev–Trinajstić information content (AvgIpc) is 3.15.